The Kier molecular flexibility index (Phi) is 4.88. The van der Waals surface area contributed by atoms with Crippen LogP contribution in [0.1, 0.15) is 18.4 Å². The summed E-state index contributed by atoms with van der Waals surface area (Å²) in [6.07, 6.45) is 2.69. The maximum atomic E-state index is 12.8. The van der Waals surface area contributed by atoms with E-state index in [-0.39, 0.29) is 11.5 Å². The third kappa shape index (κ3) is 4.02. The molecule has 0 radical (unpaired) electrons. The Morgan fingerprint density at radius 3 is 2.14 bits per heavy atom. The van der Waals surface area contributed by atoms with Crippen LogP contribution in [0.25, 0.3) is 6.08 Å². The molecule has 0 N–H and O–H groups in total. The van der Waals surface area contributed by atoms with Crippen LogP contribution in [0.4, 0.5) is 17.6 Å². The molecule has 1 heterocycles. The molecule has 0 atom stereocenters. The molecule has 1 fully saturated rings. The van der Waals surface area contributed by atoms with Crippen molar-refractivity contribution in [2.24, 2.45) is 0 Å². The molecule has 22 heavy (non-hydrogen) atoms. The molecule has 1 aliphatic rings. The van der Waals surface area contributed by atoms with Crippen molar-refractivity contribution in [2.75, 3.05) is 11.5 Å². The van der Waals surface area contributed by atoms with Gasteiger partial charge in [0.25, 0.3) is 0 Å². The van der Waals surface area contributed by atoms with Gasteiger partial charge in [-0.25, -0.2) is 8.02 Å². The fraction of sp³-hybridized carbons (Fsp3) is 0.385. The maximum absolute atomic E-state index is 12.8. The van der Waals surface area contributed by atoms with E-state index in [2.05, 4.69) is 3.63 Å². The van der Waals surface area contributed by atoms with E-state index in [9.17, 15) is 26.0 Å². The fourth-order valence-corrected chi connectivity index (χ4v) is 6.74. The first-order valence-electron chi connectivity index (χ1n) is 6.38. The quantitative estimate of drug-likeness (QED) is 0.599. The number of rotatable bonds is 4. The molecule has 3 nitrogen and oxygen atoms in total. The molecule has 0 spiro atoms. The van der Waals surface area contributed by atoms with Crippen LogP contribution in [0.5, 0.6) is 0 Å². The van der Waals surface area contributed by atoms with Gasteiger partial charge in [0.05, 0.1) is 0 Å². The van der Waals surface area contributed by atoms with E-state index < -0.39 is 31.8 Å². The average Bonchev–Trinajstić information content (AvgIpc) is 2.85. The van der Waals surface area contributed by atoms with Crippen molar-refractivity contribution >= 4 is 26.5 Å². The van der Waals surface area contributed by atoms with Crippen LogP contribution in [0.3, 0.4) is 0 Å². The van der Waals surface area contributed by atoms with Gasteiger partial charge in [-0.3, -0.25) is 0 Å². The topological polar surface area (TPSA) is 43.4 Å². The fourth-order valence-electron chi connectivity index (χ4n) is 2.02. The van der Waals surface area contributed by atoms with Crippen molar-refractivity contribution in [3.63, 3.8) is 0 Å². The largest absolute Gasteiger partial charge is 0.523 e. The molecule has 0 saturated carbocycles. The predicted octanol–water partition coefficient (Wildman–Crippen LogP) is 4.18. The zero-order chi connectivity index (χ0) is 16.4. The lowest BCUT2D eigenvalue weighted by molar-refractivity contribution is -0.0495. The number of alkyl halides is 3. The number of hydrogen-bond donors (Lipinski definition) is 0. The van der Waals surface area contributed by atoms with E-state index in [1.54, 1.807) is 0 Å². The van der Waals surface area contributed by atoms with Gasteiger partial charge >= 0.3 is 15.6 Å². The lowest BCUT2D eigenvalue weighted by atomic mass is 10.2. The van der Waals surface area contributed by atoms with Crippen LogP contribution in [0.15, 0.2) is 29.7 Å². The Hall–Kier alpha value is -1.06. The first kappa shape index (κ1) is 17.3. The molecule has 0 aliphatic carbocycles. The number of halogens is 4. The third-order valence-corrected chi connectivity index (χ3v) is 8.08. The van der Waals surface area contributed by atoms with Gasteiger partial charge in [-0.1, -0.05) is 22.4 Å². The Labute approximate surface area is 127 Å². The van der Waals surface area contributed by atoms with Crippen molar-refractivity contribution in [1.29, 1.82) is 0 Å². The average molecular weight is 358 g/mol. The molecule has 2 rings (SSSR count). The lowest BCUT2D eigenvalue weighted by Crippen LogP contribution is -2.27. The second-order valence-corrected chi connectivity index (χ2v) is 9.55. The summed E-state index contributed by atoms with van der Waals surface area (Å²) >= 11 is 0. The van der Waals surface area contributed by atoms with Crippen LogP contribution >= 0.6 is 10.3 Å². The van der Waals surface area contributed by atoms with E-state index in [4.69, 9.17) is 0 Å². The molecule has 1 saturated heterocycles. The highest BCUT2D eigenvalue weighted by molar-refractivity contribution is 8.35. The van der Waals surface area contributed by atoms with Crippen LogP contribution < -0.4 is 0 Å². The molecular weight excluding hydrogens is 344 g/mol. The maximum Gasteiger partial charge on any atom is 0.523 e. The van der Waals surface area contributed by atoms with Crippen LogP contribution in [-0.4, -0.2) is 25.4 Å². The van der Waals surface area contributed by atoms with Gasteiger partial charge in [0.2, 0.25) is 0 Å². The Morgan fingerprint density at radius 1 is 1.09 bits per heavy atom. The Morgan fingerprint density at radius 2 is 1.64 bits per heavy atom. The van der Waals surface area contributed by atoms with Gasteiger partial charge < -0.3 is 0 Å². The summed E-state index contributed by atoms with van der Waals surface area (Å²) in [6.45, 7) is 0. The number of hydrogen-bond acceptors (Lipinski definition) is 3. The van der Waals surface area contributed by atoms with Crippen molar-refractivity contribution in [1.82, 2.24) is 0 Å². The van der Waals surface area contributed by atoms with Crippen molar-refractivity contribution < 1.29 is 29.6 Å². The van der Waals surface area contributed by atoms with E-state index in [1.807, 2.05) is 0 Å². The van der Waals surface area contributed by atoms with Gasteiger partial charge in [-0.2, -0.15) is 21.6 Å². The minimum Gasteiger partial charge on any atom is -0.209 e. The van der Waals surface area contributed by atoms with Gasteiger partial charge in [-0.05, 0) is 42.0 Å². The van der Waals surface area contributed by atoms with Gasteiger partial charge in [0, 0.05) is 11.5 Å². The molecule has 1 aromatic carbocycles. The first-order chi connectivity index (χ1) is 10.1. The molecule has 1 aliphatic heterocycles. The molecule has 0 amide bonds. The molecule has 124 valence electrons. The minimum absolute atomic E-state index is 0.264. The molecule has 0 unspecified atom stereocenters. The highest BCUT2D eigenvalue weighted by Gasteiger charge is 2.51. The second kappa shape index (κ2) is 6.21. The summed E-state index contributed by atoms with van der Waals surface area (Å²) in [7, 11) is -8.12. The summed E-state index contributed by atoms with van der Waals surface area (Å²) in [5, 5.41) is 1.40. The first-order valence-corrected chi connectivity index (χ1v) is 9.75. The van der Waals surface area contributed by atoms with Gasteiger partial charge in [0.15, 0.2) is 0 Å². The second-order valence-electron chi connectivity index (χ2n) is 4.81. The van der Waals surface area contributed by atoms with E-state index in [1.165, 1.54) is 35.7 Å². The summed E-state index contributed by atoms with van der Waals surface area (Å²) in [4.78, 5) is 0. The standard InChI is InChI=1S/C13H14F4O3S2/c14-12-5-3-11(4-6-12)7-10-21(8-1-2-9-21)20-22(18,19)13(15,16)17/h3-7,10H,1-2,8-9H2. The van der Waals surface area contributed by atoms with Crippen LogP contribution in [0.2, 0.25) is 0 Å². The van der Waals surface area contributed by atoms with Crippen molar-refractivity contribution in [3.8, 4) is 0 Å². The third-order valence-electron chi connectivity index (χ3n) is 3.12. The predicted molar refractivity (Wildman–Crippen MR) is 78.1 cm³/mol. The molecule has 0 bridgehead atoms. The van der Waals surface area contributed by atoms with E-state index >= 15 is 0 Å². The molecule has 1 aromatic rings. The van der Waals surface area contributed by atoms with Crippen LogP contribution in [0, 0.1) is 5.82 Å². The number of benzene rings is 1. The van der Waals surface area contributed by atoms with Crippen LogP contribution in [-0.2, 0) is 13.7 Å². The smallest absolute Gasteiger partial charge is 0.209 e. The monoisotopic (exact) mass is 358 g/mol. The van der Waals surface area contributed by atoms with E-state index in [0.717, 1.165) is 0 Å². The zero-order valence-corrected chi connectivity index (χ0v) is 13.0. The summed E-state index contributed by atoms with van der Waals surface area (Å²) < 4.78 is 77.4. The van der Waals surface area contributed by atoms with E-state index in [0.29, 0.717) is 18.4 Å². The molecule has 0 aromatic heterocycles. The van der Waals surface area contributed by atoms with Gasteiger partial charge in [-0.15, -0.1) is 0 Å². The highest BCUT2D eigenvalue weighted by Crippen LogP contribution is 2.59. The molecule has 9 heteroatoms. The Bertz CT molecular complexity index is 645. The Balaban J connectivity index is 2.24. The summed E-state index contributed by atoms with van der Waals surface area (Å²) in [5.41, 5.74) is -4.87. The van der Waals surface area contributed by atoms with Crippen molar-refractivity contribution in [2.45, 2.75) is 18.3 Å². The van der Waals surface area contributed by atoms with Gasteiger partial charge in [0.1, 0.15) is 5.82 Å². The zero-order valence-electron chi connectivity index (χ0n) is 11.3. The highest BCUT2D eigenvalue weighted by atomic mass is 32.3. The minimum atomic E-state index is -5.62. The SMILES string of the molecule is O=S(=O)(OS1(C=Cc2ccc(F)cc2)CCCC1)C(F)(F)F. The van der Waals surface area contributed by atoms with Crippen molar-refractivity contribution in [3.05, 3.63) is 41.1 Å². The molecular formula is C13H14F4O3S2. The lowest BCUT2D eigenvalue weighted by Gasteiger charge is -2.30. The summed E-state index contributed by atoms with van der Waals surface area (Å²) in [5.74, 6) is 0.0935. The normalized spacial score (nSPS) is 20.4. The summed E-state index contributed by atoms with van der Waals surface area (Å²) in [6, 6.07) is 5.33.